The first-order valence-electron chi connectivity index (χ1n) is 4.50. The van der Waals surface area contributed by atoms with Gasteiger partial charge in [-0.25, -0.2) is 0 Å². The number of aliphatic carboxylic acids is 1. The summed E-state index contributed by atoms with van der Waals surface area (Å²) in [7, 11) is 0. The van der Waals surface area contributed by atoms with Crippen LogP contribution in [0.4, 0.5) is 5.69 Å². The Morgan fingerprint density at radius 3 is 2.56 bits per heavy atom. The summed E-state index contributed by atoms with van der Waals surface area (Å²) in [6.07, 6.45) is 0. The summed E-state index contributed by atoms with van der Waals surface area (Å²) >= 11 is 5.80. The minimum Gasteiger partial charge on any atom is -0.480 e. The molecule has 86 valence electrons. The van der Waals surface area contributed by atoms with Crippen LogP contribution in [0.1, 0.15) is 17.3 Å². The number of amides is 1. The molecule has 6 heteroatoms. The highest BCUT2D eigenvalue weighted by Gasteiger charge is 2.12. The summed E-state index contributed by atoms with van der Waals surface area (Å²) < 4.78 is 0. The summed E-state index contributed by atoms with van der Waals surface area (Å²) in [6, 6.07) is 3.71. The van der Waals surface area contributed by atoms with Crippen molar-refractivity contribution in [2.24, 2.45) is 5.73 Å². The van der Waals surface area contributed by atoms with Gasteiger partial charge in [-0.15, -0.1) is 0 Å². The molecule has 1 amide bonds. The molecule has 0 saturated carbocycles. The van der Waals surface area contributed by atoms with E-state index >= 15 is 0 Å². The number of nitrogens with one attached hydrogen (secondary N) is 1. The number of primary amides is 1. The third-order valence-electron chi connectivity index (χ3n) is 1.99. The molecule has 0 aliphatic carbocycles. The topological polar surface area (TPSA) is 92.4 Å². The van der Waals surface area contributed by atoms with Crippen LogP contribution in [0.5, 0.6) is 0 Å². The Morgan fingerprint density at radius 1 is 1.50 bits per heavy atom. The van der Waals surface area contributed by atoms with Crippen LogP contribution in [0.15, 0.2) is 18.2 Å². The number of anilines is 1. The zero-order valence-electron chi connectivity index (χ0n) is 8.53. The molecule has 4 N–H and O–H groups in total. The average molecular weight is 243 g/mol. The fourth-order valence-electron chi connectivity index (χ4n) is 1.12. The molecule has 0 aliphatic heterocycles. The molecule has 1 unspecified atom stereocenters. The number of carboxylic acid groups (broad SMARTS) is 1. The van der Waals surface area contributed by atoms with Crippen LogP contribution in [0.25, 0.3) is 0 Å². The molecule has 5 nitrogen and oxygen atoms in total. The van der Waals surface area contributed by atoms with Crippen LogP contribution in [0.2, 0.25) is 5.02 Å². The van der Waals surface area contributed by atoms with Gasteiger partial charge in [-0.1, -0.05) is 11.6 Å². The number of halogens is 1. The summed E-state index contributed by atoms with van der Waals surface area (Å²) in [5, 5.41) is 11.6. The Kier molecular flexibility index (Phi) is 3.73. The molecular weight excluding hydrogens is 232 g/mol. The Hall–Kier alpha value is -1.75. The molecule has 0 aromatic heterocycles. The summed E-state index contributed by atoms with van der Waals surface area (Å²) in [6.45, 7) is 1.50. The van der Waals surface area contributed by atoms with Crippen LogP contribution in [0.3, 0.4) is 0 Å². The largest absolute Gasteiger partial charge is 0.480 e. The number of hydrogen-bond acceptors (Lipinski definition) is 3. The van der Waals surface area contributed by atoms with Gasteiger partial charge in [0.15, 0.2) is 0 Å². The SMILES string of the molecule is CC(Nc1ccc(C(N)=O)c(Cl)c1)C(=O)O. The van der Waals surface area contributed by atoms with E-state index in [0.29, 0.717) is 5.69 Å². The first-order chi connectivity index (χ1) is 7.41. The molecule has 16 heavy (non-hydrogen) atoms. The van der Waals surface area contributed by atoms with Gasteiger partial charge in [0, 0.05) is 5.69 Å². The quantitative estimate of drug-likeness (QED) is 0.743. The third-order valence-corrected chi connectivity index (χ3v) is 2.30. The Labute approximate surface area is 97.2 Å². The second kappa shape index (κ2) is 4.85. The van der Waals surface area contributed by atoms with Gasteiger partial charge in [0.2, 0.25) is 5.91 Å². The highest BCUT2D eigenvalue weighted by atomic mass is 35.5. The zero-order valence-corrected chi connectivity index (χ0v) is 9.28. The van der Waals surface area contributed by atoms with E-state index < -0.39 is 17.9 Å². The van der Waals surface area contributed by atoms with Crippen molar-refractivity contribution >= 4 is 29.2 Å². The van der Waals surface area contributed by atoms with Gasteiger partial charge in [-0.05, 0) is 25.1 Å². The van der Waals surface area contributed by atoms with E-state index in [9.17, 15) is 9.59 Å². The maximum Gasteiger partial charge on any atom is 0.325 e. The van der Waals surface area contributed by atoms with E-state index in [2.05, 4.69) is 5.32 Å². The lowest BCUT2D eigenvalue weighted by molar-refractivity contribution is -0.137. The normalized spacial score (nSPS) is 11.9. The lowest BCUT2D eigenvalue weighted by Gasteiger charge is -2.11. The highest BCUT2D eigenvalue weighted by Crippen LogP contribution is 2.21. The van der Waals surface area contributed by atoms with Gasteiger partial charge in [-0.2, -0.15) is 0 Å². The van der Waals surface area contributed by atoms with Crippen LogP contribution in [-0.2, 0) is 4.79 Å². The van der Waals surface area contributed by atoms with E-state index in [4.69, 9.17) is 22.4 Å². The first-order valence-corrected chi connectivity index (χ1v) is 4.88. The van der Waals surface area contributed by atoms with Gasteiger partial charge in [0.05, 0.1) is 10.6 Å². The molecule has 0 spiro atoms. The van der Waals surface area contributed by atoms with Crippen molar-refractivity contribution in [2.75, 3.05) is 5.32 Å². The lowest BCUT2D eigenvalue weighted by Crippen LogP contribution is -2.25. The molecule has 1 rings (SSSR count). The van der Waals surface area contributed by atoms with Crippen molar-refractivity contribution in [2.45, 2.75) is 13.0 Å². The predicted octanol–water partition coefficient (Wildman–Crippen LogP) is 1.32. The number of carbonyl (C=O) groups excluding carboxylic acids is 1. The van der Waals surface area contributed by atoms with E-state index in [0.717, 1.165) is 0 Å². The molecule has 0 saturated heterocycles. The van der Waals surface area contributed by atoms with E-state index in [1.165, 1.54) is 19.1 Å². The molecule has 1 atom stereocenters. The number of benzene rings is 1. The van der Waals surface area contributed by atoms with E-state index in [1.54, 1.807) is 6.07 Å². The van der Waals surface area contributed by atoms with Gasteiger partial charge in [0.25, 0.3) is 0 Å². The van der Waals surface area contributed by atoms with Gasteiger partial charge in [0.1, 0.15) is 6.04 Å². The minimum absolute atomic E-state index is 0.190. The second-order valence-electron chi connectivity index (χ2n) is 3.26. The monoisotopic (exact) mass is 242 g/mol. The van der Waals surface area contributed by atoms with Crippen molar-refractivity contribution in [1.82, 2.24) is 0 Å². The summed E-state index contributed by atoms with van der Waals surface area (Å²) in [5.41, 5.74) is 5.80. The first kappa shape index (κ1) is 12.3. The fraction of sp³-hybridized carbons (Fsp3) is 0.200. The average Bonchev–Trinajstić information content (AvgIpc) is 2.16. The number of hydrogen-bond donors (Lipinski definition) is 3. The highest BCUT2D eigenvalue weighted by molar-refractivity contribution is 6.34. The standard InChI is InChI=1S/C10H11ClN2O3/c1-5(10(15)16)13-6-2-3-7(9(12)14)8(11)4-6/h2-5,13H,1H3,(H2,12,14)(H,15,16). The molecule has 0 radical (unpaired) electrons. The van der Waals surface area contributed by atoms with Gasteiger partial charge in [-0.3, -0.25) is 9.59 Å². The number of carbonyl (C=O) groups is 2. The summed E-state index contributed by atoms with van der Waals surface area (Å²) in [4.78, 5) is 21.5. The number of nitrogens with two attached hydrogens (primary N) is 1. The minimum atomic E-state index is -0.977. The third kappa shape index (κ3) is 2.87. The molecule has 0 fully saturated rings. The molecule has 0 heterocycles. The summed E-state index contributed by atoms with van der Waals surface area (Å²) in [5.74, 6) is -1.60. The molecular formula is C10H11ClN2O3. The second-order valence-corrected chi connectivity index (χ2v) is 3.67. The fourth-order valence-corrected chi connectivity index (χ4v) is 1.39. The maximum atomic E-state index is 10.9. The Morgan fingerprint density at radius 2 is 2.12 bits per heavy atom. The predicted molar refractivity (Wildman–Crippen MR) is 60.7 cm³/mol. The molecule has 1 aromatic carbocycles. The van der Waals surface area contributed by atoms with Gasteiger partial charge >= 0.3 is 5.97 Å². The van der Waals surface area contributed by atoms with Crippen LogP contribution in [-0.4, -0.2) is 23.0 Å². The molecule has 0 bridgehead atoms. The maximum absolute atomic E-state index is 10.9. The zero-order chi connectivity index (χ0) is 12.3. The van der Waals surface area contributed by atoms with E-state index in [-0.39, 0.29) is 10.6 Å². The molecule has 1 aromatic rings. The molecule has 0 aliphatic rings. The Bertz CT molecular complexity index is 434. The van der Waals surface area contributed by atoms with Gasteiger partial charge < -0.3 is 16.2 Å². The van der Waals surface area contributed by atoms with Crippen molar-refractivity contribution in [1.29, 1.82) is 0 Å². The van der Waals surface area contributed by atoms with E-state index in [1.807, 2.05) is 0 Å². The van der Waals surface area contributed by atoms with Crippen molar-refractivity contribution in [3.63, 3.8) is 0 Å². The van der Waals surface area contributed by atoms with Crippen molar-refractivity contribution < 1.29 is 14.7 Å². The Balaban J connectivity index is 2.89. The van der Waals surface area contributed by atoms with Crippen molar-refractivity contribution in [3.8, 4) is 0 Å². The number of rotatable bonds is 4. The lowest BCUT2D eigenvalue weighted by atomic mass is 10.2. The van der Waals surface area contributed by atoms with Crippen LogP contribution in [0, 0.1) is 0 Å². The number of carboxylic acids is 1. The van der Waals surface area contributed by atoms with Crippen LogP contribution < -0.4 is 11.1 Å². The van der Waals surface area contributed by atoms with Crippen LogP contribution >= 0.6 is 11.6 Å². The smallest absolute Gasteiger partial charge is 0.325 e. The van der Waals surface area contributed by atoms with Crippen molar-refractivity contribution in [3.05, 3.63) is 28.8 Å².